The molecule has 0 aliphatic heterocycles. The third-order valence-electron chi connectivity index (χ3n) is 1.73. The molecule has 1 aromatic rings. The van der Waals surface area contributed by atoms with Gasteiger partial charge in [-0.2, -0.15) is 0 Å². The van der Waals surface area contributed by atoms with Crippen LogP contribution in [0.2, 0.25) is 0 Å². The zero-order valence-corrected chi connectivity index (χ0v) is 8.49. The van der Waals surface area contributed by atoms with Crippen LogP contribution in [0.3, 0.4) is 0 Å². The second-order valence-electron chi connectivity index (χ2n) is 2.63. The highest BCUT2D eigenvalue weighted by Crippen LogP contribution is 2.25. The van der Waals surface area contributed by atoms with Crippen molar-refractivity contribution in [3.63, 3.8) is 0 Å². The summed E-state index contributed by atoms with van der Waals surface area (Å²) in [5.74, 6) is 0. The summed E-state index contributed by atoms with van der Waals surface area (Å²) < 4.78 is 24.9. The van der Waals surface area contributed by atoms with E-state index in [2.05, 4.69) is 20.9 Å². The molecule has 0 aliphatic rings. The van der Waals surface area contributed by atoms with Gasteiger partial charge < -0.3 is 4.98 Å². The largest absolute Gasteiger partial charge is 0.326 e. The number of aromatic nitrogens is 1. The number of aryl methyl sites for hydroxylation is 1. The molecule has 0 radical (unpaired) electrons. The van der Waals surface area contributed by atoms with Gasteiger partial charge in [0.25, 0.3) is 6.43 Å². The first-order valence-electron chi connectivity index (χ1n) is 3.63. The van der Waals surface area contributed by atoms with E-state index >= 15 is 0 Å². The summed E-state index contributed by atoms with van der Waals surface area (Å²) in [6, 6.07) is 1.18. The van der Waals surface area contributed by atoms with Crippen LogP contribution in [0.4, 0.5) is 8.78 Å². The fraction of sp³-hybridized carbons (Fsp3) is 0.375. The van der Waals surface area contributed by atoms with Gasteiger partial charge in [-0.3, -0.25) is 4.79 Å². The Morgan fingerprint density at radius 2 is 2.23 bits per heavy atom. The van der Waals surface area contributed by atoms with Crippen molar-refractivity contribution < 1.29 is 8.78 Å². The molecule has 1 rings (SSSR count). The molecule has 2 nitrogen and oxygen atoms in total. The highest BCUT2D eigenvalue weighted by atomic mass is 79.9. The number of H-pyrrole nitrogens is 1. The number of alkyl halides is 3. The predicted octanol–water partition coefficient (Wildman–Crippen LogP) is 2.52. The second-order valence-corrected chi connectivity index (χ2v) is 3.19. The first kappa shape index (κ1) is 10.4. The first-order chi connectivity index (χ1) is 6.06. The Balaban J connectivity index is 3.38. The minimum atomic E-state index is -2.55. The molecule has 72 valence electrons. The molecule has 5 heteroatoms. The van der Waals surface area contributed by atoms with E-state index in [0.717, 1.165) is 0 Å². The van der Waals surface area contributed by atoms with E-state index in [9.17, 15) is 13.6 Å². The molecule has 0 aliphatic carbocycles. The Morgan fingerprint density at radius 1 is 1.62 bits per heavy atom. The zero-order valence-electron chi connectivity index (χ0n) is 6.90. The SMILES string of the molecule is Cc1[nH]c(=O)cc(CBr)c1C(F)F. The molecule has 0 saturated carbocycles. The van der Waals surface area contributed by atoms with Crippen molar-refractivity contribution >= 4 is 15.9 Å². The fourth-order valence-corrected chi connectivity index (χ4v) is 1.64. The van der Waals surface area contributed by atoms with Gasteiger partial charge in [0.1, 0.15) is 0 Å². The van der Waals surface area contributed by atoms with Gasteiger partial charge in [0.05, 0.1) is 0 Å². The molecule has 0 fully saturated rings. The van der Waals surface area contributed by atoms with Crippen LogP contribution in [0.5, 0.6) is 0 Å². The van der Waals surface area contributed by atoms with Crippen molar-refractivity contribution in [2.24, 2.45) is 0 Å². The molecular formula is C8H8BrF2NO. The number of nitrogens with one attached hydrogen (secondary N) is 1. The van der Waals surface area contributed by atoms with Crippen LogP contribution in [-0.4, -0.2) is 4.98 Å². The summed E-state index contributed by atoms with van der Waals surface area (Å²) in [5, 5.41) is 0.261. The molecule has 0 amide bonds. The van der Waals surface area contributed by atoms with E-state index < -0.39 is 6.43 Å². The van der Waals surface area contributed by atoms with E-state index in [4.69, 9.17) is 0 Å². The van der Waals surface area contributed by atoms with Gasteiger partial charge in [0.15, 0.2) is 0 Å². The third-order valence-corrected chi connectivity index (χ3v) is 2.33. The molecular weight excluding hydrogens is 244 g/mol. The maximum Gasteiger partial charge on any atom is 0.265 e. The molecule has 0 spiro atoms. The Hall–Kier alpha value is -0.710. The van der Waals surface area contributed by atoms with Gasteiger partial charge in [0.2, 0.25) is 5.56 Å². The van der Waals surface area contributed by atoms with Crippen LogP contribution in [0.15, 0.2) is 10.9 Å². The average Bonchev–Trinajstić information content (AvgIpc) is 2.01. The van der Waals surface area contributed by atoms with Crippen molar-refractivity contribution in [1.29, 1.82) is 0 Å². The molecule has 1 N–H and O–H groups in total. The highest BCUT2D eigenvalue weighted by molar-refractivity contribution is 9.08. The van der Waals surface area contributed by atoms with Crippen molar-refractivity contribution in [3.05, 3.63) is 33.2 Å². The van der Waals surface area contributed by atoms with Gasteiger partial charge in [0, 0.05) is 22.7 Å². The third kappa shape index (κ3) is 2.15. The average molecular weight is 252 g/mol. The van der Waals surface area contributed by atoms with Crippen LogP contribution < -0.4 is 5.56 Å². The molecule has 0 atom stereocenters. The maximum atomic E-state index is 12.5. The number of aromatic amines is 1. The highest BCUT2D eigenvalue weighted by Gasteiger charge is 2.15. The normalized spacial score (nSPS) is 10.8. The van der Waals surface area contributed by atoms with Gasteiger partial charge in [-0.05, 0) is 12.5 Å². The number of pyridine rings is 1. The van der Waals surface area contributed by atoms with Crippen molar-refractivity contribution in [3.8, 4) is 0 Å². The molecule has 1 aromatic heterocycles. The summed E-state index contributed by atoms with van der Waals surface area (Å²) >= 11 is 3.06. The lowest BCUT2D eigenvalue weighted by Crippen LogP contribution is -2.11. The molecule has 1 heterocycles. The predicted molar refractivity (Wildman–Crippen MR) is 49.4 cm³/mol. The molecule has 0 saturated heterocycles. The lowest BCUT2D eigenvalue weighted by Gasteiger charge is -2.08. The van der Waals surface area contributed by atoms with Gasteiger partial charge in [-0.25, -0.2) is 8.78 Å². The van der Waals surface area contributed by atoms with Crippen LogP contribution in [0.25, 0.3) is 0 Å². The van der Waals surface area contributed by atoms with Gasteiger partial charge in [-0.1, -0.05) is 15.9 Å². The molecule has 0 bridgehead atoms. The summed E-state index contributed by atoms with van der Waals surface area (Å²) in [6.07, 6.45) is -2.55. The summed E-state index contributed by atoms with van der Waals surface area (Å²) in [7, 11) is 0. The van der Waals surface area contributed by atoms with Gasteiger partial charge >= 0.3 is 0 Å². The molecule has 0 aromatic carbocycles. The van der Waals surface area contributed by atoms with Gasteiger partial charge in [-0.15, -0.1) is 0 Å². The van der Waals surface area contributed by atoms with E-state index in [1.165, 1.54) is 13.0 Å². The van der Waals surface area contributed by atoms with E-state index in [1.54, 1.807) is 0 Å². The van der Waals surface area contributed by atoms with E-state index in [-0.39, 0.29) is 22.1 Å². The Morgan fingerprint density at radius 3 is 2.69 bits per heavy atom. The minimum absolute atomic E-state index is 0.0866. The lowest BCUT2D eigenvalue weighted by atomic mass is 10.1. The minimum Gasteiger partial charge on any atom is -0.326 e. The van der Waals surface area contributed by atoms with E-state index in [1.807, 2.05) is 0 Å². The van der Waals surface area contributed by atoms with Crippen LogP contribution in [0.1, 0.15) is 23.2 Å². The van der Waals surface area contributed by atoms with Crippen LogP contribution in [0, 0.1) is 6.92 Å². The Bertz CT molecular complexity index is 362. The standard InChI is InChI=1S/C8H8BrF2NO/c1-4-7(8(10)11)5(3-9)2-6(13)12-4/h2,8H,3H2,1H3,(H,12,13). The summed E-state index contributed by atoms with van der Waals surface area (Å²) in [4.78, 5) is 13.3. The Labute approximate surface area is 82.1 Å². The van der Waals surface area contributed by atoms with Crippen LogP contribution >= 0.6 is 15.9 Å². The number of hydrogen-bond donors (Lipinski definition) is 1. The topological polar surface area (TPSA) is 32.9 Å². The first-order valence-corrected chi connectivity index (χ1v) is 4.75. The van der Waals surface area contributed by atoms with Crippen molar-refractivity contribution in [1.82, 2.24) is 4.98 Å². The maximum absolute atomic E-state index is 12.5. The second kappa shape index (κ2) is 4.00. The summed E-state index contributed by atoms with van der Waals surface area (Å²) in [5.41, 5.74) is 0.140. The van der Waals surface area contributed by atoms with Crippen molar-refractivity contribution in [2.75, 3.05) is 0 Å². The monoisotopic (exact) mass is 251 g/mol. The lowest BCUT2D eigenvalue weighted by molar-refractivity contribution is 0.149. The van der Waals surface area contributed by atoms with Crippen molar-refractivity contribution in [2.45, 2.75) is 18.7 Å². The molecule has 0 unspecified atom stereocenters. The van der Waals surface area contributed by atoms with E-state index in [0.29, 0.717) is 5.56 Å². The Kier molecular flexibility index (Phi) is 3.19. The van der Waals surface area contributed by atoms with Crippen LogP contribution in [-0.2, 0) is 5.33 Å². The summed E-state index contributed by atoms with van der Waals surface area (Å²) in [6.45, 7) is 1.47. The number of hydrogen-bond acceptors (Lipinski definition) is 1. The smallest absolute Gasteiger partial charge is 0.265 e. The number of rotatable bonds is 2. The molecule has 13 heavy (non-hydrogen) atoms. The quantitative estimate of drug-likeness (QED) is 0.806. The zero-order chi connectivity index (χ0) is 10.0. The number of halogens is 3. The fourth-order valence-electron chi connectivity index (χ4n) is 1.18.